The first-order valence-electron chi connectivity index (χ1n) is 5.85. The molecule has 1 aromatic carbocycles. The molecule has 1 aliphatic rings. The van der Waals surface area contributed by atoms with Crippen LogP contribution >= 0.6 is 0 Å². The molecule has 3 rings (SSSR count). The van der Waals surface area contributed by atoms with E-state index in [0.717, 1.165) is 36.3 Å². The number of hydrogen-bond acceptors (Lipinski definition) is 3. The van der Waals surface area contributed by atoms with Gasteiger partial charge in [-0.05, 0) is 25.0 Å². The average molecular weight is 229 g/mol. The van der Waals surface area contributed by atoms with Crippen molar-refractivity contribution in [3.05, 3.63) is 30.0 Å². The molecule has 1 aliphatic heterocycles. The second-order valence-electron chi connectivity index (χ2n) is 4.37. The number of benzene rings is 1. The van der Waals surface area contributed by atoms with Crippen molar-refractivity contribution in [3.8, 4) is 17.0 Å². The summed E-state index contributed by atoms with van der Waals surface area (Å²) in [5, 5.41) is 17.5. The number of rotatable bonds is 1. The zero-order valence-corrected chi connectivity index (χ0v) is 9.77. The number of fused-ring (bicyclic) bond motifs is 1. The number of aromatic nitrogens is 2. The van der Waals surface area contributed by atoms with Gasteiger partial charge in [-0.15, -0.1) is 0 Å². The smallest absolute Gasteiger partial charge is 0.116 e. The van der Waals surface area contributed by atoms with E-state index < -0.39 is 0 Å². The molecule has 0 atom stereocenters. The predicted molar refractivity (Wildman–Crippen MR) is 67.1 cm³/mol. The van der Waals surface area contributed by atoms with Crippen LogP contribution < -0.4 is 5.32 Å². The van der Waals surface area contributed by atoms with E-state index in [4.69, 9.17) is 0 Å². The summed E-state index contributed by atoms with van der Waals surface area (Å²) in [4.78, 5) is 0. The number of phenolic OH excluding ortho intramolecular Hbond substituents is 1. The minimum atomic E-state index is 0.276. The van der Waals surface area contributed by atoms with E-state index in [9.17, 15) is 5.11 Å². The Bertz CT molecular complexity index is 560. The molecule has 0 saturated carbocycles. The van der Waals surface area contributed by atoms with Crippen molar-refractivity contribution in [1.29, 1.82) is 0 Å². The summed E-state index contributed by atoms with van der Waals surface area (Å²) in [6.07, 6.45) is 2.21. The summed E-state index contributed by atoms with van der Waals surface area (Å²) in [5.74, 6) is 0.276. The minimum Gasteiger partial charge on any atom is -0.508 e. The van der Waals surface area contributed by atoms with E-state index in [1.54, 1.807) is 12.1 Å². The fourth-order valence-electron chi connectivity index (χ4n) is 2.36. The Morgan fingerprint density at radius 1 is 1.41 bits per heavy atom. The lowest BCUT2D eigenvalue weighted by atomic mass is 10.1. The SMILES string of the molecule is Cn1nc(-c2cccc(O)c2)c2c1CCCN2. The monoisotopic (exact) mass is 229 g/mol. The van der Waals surface area contributed by atoms with Gasteiger partial charge in [0.15, 0.2) is 0 Å². The zero-order chi connectivity index (χ0) is 11.8. The van der Waals surface area contributed by atoms with Crippen molar-refractivity contribution in [2.75, 3.05) is 11.9 Å². The Kier molecular flexibility index (Phi) is 2.28. The lowest BCUT2D eigenvalue weighted by molar-refractivity contribution is 0.475. The zero-order valence-electron chi connectivity index (χ0n) is 9.77. The highest BCUT2D eigenvalue weighted by molar-refractivity contribution is 5.77. The first-order valence-corrected chi connectivity index (χ1v) is 5.85. The third kappa shape index (κ3) is 1.65. The maximum Gasteiger partial charge on any atom is 0.116 e. The van der Waals surface area contributed by atoms with Crippen molar-refractivity contribution in [3.63, 3.8) is 0 Å². The number of nitrogens with one attached hydrogen (secondary N) is 1. The molecule has 0 radical (unpaired) electrons. The van der Waals surface area contributed by atoms with Crippen LogP contribution in [-0.2, 0) is 13.5 Å². The van der Waals surface area contributed by atoms with Gasteiger partial charge in [0.2, 0.25) is 0 Å². The Balaban J connectivity index is 2.15. The minimum absolute atomic E-state index is 0.276. The summed E-state index contributed by atoms with van der Waals surface area (Å²) in [6, 6.07) is 7.23. The van der Waals surface area contributed by atoms with E-state index >= 15 is 0 Å². The quantitative estimate of drug-likeness (QED) is 0.787. The summed E-state index contributed by atoms with van der Waals surface area (Å²) in [5.41, 5.74) is 4.24. The van der Waals surface area contributed by atoms with Crippen LogP contribution in [0.2, 0.25) is 0 Å². The van der Waals surface area contributed by atoms with Gasteiger partial charge in [-0.2, -0.15) is 5.10 Å². The summed E-state index contributed by atoms with van der Waals surface area (Å²) in [7, 11) is 1.97. The summed E-state index contributed by atoms with van der Waals surface area (Å²) in [6.45, 7) is 0.991. The standard InChI is InChI=1S/C13H15N3O/c1-16-11-6-3-7-14-13(11)12(15-16)9-4-2-5-10(17)8-9/h2,4-5,8,14,17H,3,6-7H2,1H3. The van der Waals surface area contributed by atoms with Crippen molar-refractivity contribution in [2.45, 2.75) is 12.8 Å². The van der Waals surface area contributed by atoms with Gasteiger partial charge in [-0.3, -0.25) is 4.68 Å². The Morgan fingerprint density at radius 3 is 3.12 bits per heavy atom. The van der Waals surface area contributed by atoms with Gasteiger partial charge in [0.25, 0.3) is 0 Å². The Hall–Kier alpha value is -1.97. The second-order valence-corrected chi connectivity index (χ2v) is 4.37. The molecule has 4 nitrogen and oxygen atoms in total. The van der Waals surface area contributed by atoms with Crippen LogP contribution in [0.4, 0.5) is 5.69 Å². The van der Waals surface area contributed by atoms with Crippen LogP contribution in [0.25, 0.3) is 11.3 Å². The van der Waals surface area contributed by atoms with Gasteiger partial charge in [-0.1, -0.05) is 12.1 Å². The van der Waals surface area contributed by atoms with Gasteiger partial charge in [-0.25, -0.2) is 0 Å². The molecule has 2 N–H and O–H groups in total. The molecular formula is C13H15N3O. The fraction of sp³-hybridized carbons (Fsp3) is 0.308. The van der Waals surface area contributed by atoms with Gasteiger partial charge >= 0.3 is 0 Å². The first kappa shape index (κ1) is 10.2. The highest BCUT2D eigenvalue weighted by Gasteiger charge is 2.19. The van der Waals surface area contributed by atoms with Crippen molar-refractivity contribution in [1.82, 2.24) is 9.78 Å². The fourth-order valence-corrected chi connectivity index (χ4v) is 2.36. The molecule has 2 heterocycles. The molecule has 0 aliphatic carbocycles. The Morgan fingerprint density at radius 2 is 2.29 bits per heavy atom. The number of nitrogens with zero attached hydrogens (tertiary/aromatic N) is 2. The summed E-state index contributed by atoms with van der Waals surface area (Å²) < 4.78 is 1.93. The first-order chi connectivity index (χ1) is 8.25. The molecule has 0 saturated heterocycles. The van der Waals surface area contributed by atoms with Crippen LogP contribution in [0.1, 0.15) is 12.1 Å². The molecule has 17 heavy (non-hydrogen) atoms. The molecule has 88 valence electrons. The molecule has 1 aromatic heterocycles. The van der Waals surface area contributed by atoms with Crippen LogP contribution in [-0.4, -0.2) is 21.4 Å². The van der Waals surface area contributed by atoms with Gasteiger partial charge in [0, 0.05) is 19.2 Å². The number of aryl methyl sites for hydroxylation is 1. The number of aromatic hydroxyl groups is 1. The van der Waals surface area contributed by atoms with Crippen molar-refractivity contribution < 1.29 is 5.11 Å². The van der Waals surface area contributed by atoms with E-state index in [1.165, 1.54) is 5.69 Å². The maximum absolute atomic E-state index is 9.53. The van der Waals surface area contributed by atoms with E-state index in [-0.39, 0.29) is 5.75 Å². The third-order valence-electron chi connectivity index (χ3n) is 3.18. The largest absolute Gasteiger partial charge is 0.508 e. The highest BCUT2D eigenvalue weighted by atomic mass is 16.3. The van der Waals surface area contributed by atoms with Crippen LogP contribution in [0.3, 0.4) is 0 Å². The number of hydrogen-bond donors (Lipinski definition) is 2. The van der Waals surface area contributed by atoms with Gasteiger partial charge in [0.1, 0.15) is 11.4 Å². The van der Waals surface area contributed by atoms with Crippen LogP contribution in [0.5, 0.6) is 5.75 Å². The van der Waals surface area contributed by atoms with Crippen molar-refractivity contribution in [2.24, 2.45) is 7.05 Å². The molecule has 0 amide bonds. The highest BCUT2D eigenvalue weighted by Crippen LogP contribution is 2.33. The Labute approximate surface area is 99.9 Å². The molecule has 4 heteroatoms. The molecule has 0 bridgehead atoms. The number of anilines is 1. The maximum atomic E-state index is 9.53. The van der Waals surface area contributed by atoms with Gasteiger partial charge < -0.3 is 10.4 Å². The molecule has 0 fully saturated rings. The molecule has 0 unspecified atom stereocenters. The molecule has 0 spiro atoms. The average Bonchev–Trinajstić information content (AvgIpc) is 2.68. The summed E-state index contributed by atoms with van der Waals surface area (Å²) >= 11 is 0. The molecular weight excluding hydrogens is 214 g/mol. The van der Waals surface area contributed by atoms with Gasteiger partial charge in [0.05, 0.1) is 11.4 Å². The predicted octanol–water partition coefficient (Wildman–Crippen LogP) is 2.15. The van der Waals surface area contributed by atoms with Crippen molar-refractivity contribution >= 4 is 5.69 Å². The van der Waals surface area contributed by atoms with E-state index in [0.29, 0.717) is 0 Å². The van der Waals surface area contributed by atoms with E-state index in [1.807, 2.05) is 23.9 Å². The van der Waals surface area contributed by atoms with Crippen LogP contribution in [0, 0.1) is 0 Å². The third-order valence-corrected chi connectivity index (χ3v) is 3.18. The lowest BCUT2D eigenvalue weighted by Crippen LogP contribution is -2.13. The second kappa shape index (κ2) is 3.80. The molecule has 2 aromatic rings. The van der Waals surface area contributed by atoms with E-state index in [2.05, 4.69) is 10.4 Å². The topological polar surface area (TPSA) is 50.1 Å². The van der Waals surface area contributed by atoms with Crippen LogP contribution in [0.15, 0.2) is 24.3 Å². The normalized spacial score (nSPS) is 14.2. The lowest BCUT2D eigenvalue weighted by Gasteiger charge is -2.15. The number of phenols is 1.